The number of hydrogen-bond acceptors (Lipinski definition) is 6. The van der Waals surface area contributed by atoms with Crippen LogP contribution in [0.5, 0.6) is 17.2 Å². The Morgan fingerprint density at radius 1 is 0.971 bits per heavy atom. The molecule has 0 radical (unpaired) electrons. The summed E-state index contributed by atoms with van der Waals surface area (Å²) in [5.74, 6) is 1.59. The quantitative estimate of drug-likeness (QED) is 0.453. The molecular formula is C25H36N2O6S. The van der Waals surface area contributed by atoms with E-state index >= 15 is 0 Å². The molecule has 2 aromatic carbocycles. The molecule has 0 aromatic heterocycles. The van der Waals surface area contributed by atoms with Crippen LogP contribution < -0.4 is 19.5 Å². The first-order chi connectivity index (χ1) is 16.2. The van der Waals surface area contributed by atoms with E-state index in [9.17, 15) is 13.2 Å². The highest BCUT2D eigenvalue weighted by Crippen LogP contribution is 2.29. The number of methoxy groups -OCH3 is 2. The second kappa shape index (κ2) is 12.6. The molecule has 0 atom stereocenters. The Morgan fingerprint density at radius 2 is 1.62 bits per heavy atom. The van der Waals surface area contributed by atoms with Crippen LogP contribution in [-0.4, -0.2) is 52.5 Å². The lowest BCUT2D eigenvalue weighted by Crippen LogP contribution is -2.31. The molecule has 0 saturated heterocycles. The van der Waals surface area contributed by atoms with Crippen LogP contribution in [0.25, 0.3) is 0 Å². The number of amides is 1. The van der Waals surface area contributed by atoms with E-state index in [1.807, 2.05) is 18.2 Å². The molecule has 0 bridgehead atoms. The normalized spacial score (nSPS) is 11.5. The molecule has 8 nitrogen and oxygen atoms in total. The van der Waals surface area contributed by atoms with E-state index in [2.05, 4.69) is 19.2 Å². The lowest BCUT2D eigenvalue weighted by Gasteiger charge is -2.20. The summed E-state index contributed by atoms with van der Waals surface area (Å²) in [5, 5.41) is 2.83. The molecule has 0 unspecified atom stereocenters. The van der Waals surface area contributed by atoms with Crippen molar-refractivity contribution in [2.75, 3.05) is 33.9 Å². The highest BCUT2D eigenvalue weighted by molar-refractivity contribution is 7.89. The molecule has 34 heavy (non-hydrogen) atoms. The van der Waals surface area contributed by atoms with Crippen LogP contribution in [0.3, 0.4) is 0 Å². The zero-order valence-electron chi connectivity index (χ0n) is 20.9. The van der Waals surface area contributed by atoms with Gasteiger partial charge in [0.15, 0.2) is 11.5 Å². The molecule has 2 rings (SSSR count). The third kappa shape index (κ3) is 6.87. The number of benzene rings is 2. The van der Waals surface area contributed by atoms with Crippen LogP contribution in [0.4, 0.5) is 0 Å². The third-order valence-electron chi connectivity index (χ3n) is 5.38. The van der Waals surface area contributed by atoms with E-state index in [-0.39, 0.29) is 22.8 Å². The van der Waals surface area contributed by atoms with Gasteiger partial charge in [-0.3, -0.25) is 4.79 Å². The molecule has 1 amide bonds. The fraction of sp³-hybridized carbons (Fsp3) is 0.480. The van der Waals surface area contributed by atoms with E-state index < -0.39 is 15.9 Å². The van der Waals surface area contributed by atoms with Crippen molar-refractivity contribution < 1.29 is 27.4 Å². The first kappa shape index (κ1) is 27.5. The molecular weight excluding hydrogens is 456 g/mol. The highest BCUT2D eigenvalue weighted by Gasteiger charge is 2.26. The molecule has 1 N–H and O–H groups in total. The Bertz CT molecular complexity index is 1070. The van der Waals surface area contributed by atoms with E-state index in [0.29, 0.717) is 37.1 Å². The summed E-state index contributed by atoms with van der Waals surface area (Å²) in [4.78, 5) is 12.8. The van der Waals surface area contributed by atoms with Gasteiger partial charge in [-0.05, 0) is 48.2 Å². The minimum Gasteiger partial charge on any atom is -0.495 e. The fourth-order valence-electron chi connectivity index (χ4n) is 3.35. The summed E-state index contributed by atoms with van der Waals surface area (Å²) >= 11 is 0. The van der Waals surface area contributed by atoms with E-state index in [1.54, 1.807) is 27.0 Å². The maximum absolute atomic E-state index is 13.0. The van der Waals surface area contributed by atoms with Gasteiger partial charge in [-0.25, -0.2) is 8.42 Å². The first-order valence-corrected chi connectivity index (χ1v) is 12.9. The number of sulfonamides is 1. The lowest BCUT2D eigenvalue weighted by atomic mass is 10.1. The standard InChI is InChI=1S/C25H36N2O6S/c1-7-27(8-2)34(29,30)24-16-20(10-12-22(24)31-5)25(28)26-17-19-9-11-21(23(15-19)32-6)33-14-13-18(3)4/h9-12,15-16,18H,7-8,13-14,17H2,1-6H3,(H,26,28). The predicted octanol–water partition coefficient (Wildman–Crippen LogP) is 4.09. The van der Waals surface area contributed by atoms with Crippen molar-refractivity contribution in [2.45, 2.75) is 45.6 Å². The number of nitrogens with one attached hydrogen (secondary N) is 1. The molecule has 9 heteroatoms. The summed E-state index contributed by atoms with van der Waals surface area (Å²) in [7, 11) is -0.822. The van der Waals surface area contributed by atoms with Gasteiger partial charge < -0.3 is 19.5 Å². The molecule has 0 fully saturated rings. The molecule has 0 saturated carbocycles. The van der Waals surface area contributed by atoms with Crippen molar-refractivity contribution in [2.24, 2.45) is 5.92 Å². The summed E-state index contributed by atoms with van der Waals surface area (Å²) in [5.41, 5.74) is 1.05. The van der Waals surface area contributed by atoms with Gasteiger partial charge in [-0.1, -0.05) is 33.8 Å². The second-order valence-corrected chi connectivity index (χ2v) is 10.1. The van der Waals surface area contributed by atoms with Crippen molar-refractivity contribution in [3.05, 3.63) is 47.5 Å². The Kier molecular flexibility index (Phi) is 10.2. The lowest BCUT2D eigenvalue weighted by molar-refractivity contribution is 0.0950. The van der Waals surface area contributed by atoms with Crippen molar-refractivity contribution >= 4 is 15.9 Å². The Morgan fingerprint density at radius 3 is 2.21 bits per heavy atom. The molecule has 0 aliphatic rings. The maximum atomic E-state index is 13.0. The topological polar surface area (TPSA) is 94.2 Å². The predicted molar refractivity (Wildman–Crippen MR) is 132 cm³/mol. The van der Waals surface area contributed by atoms with Crippen LogP contribution in [0.2, 0.25) is 0 Å². The zero-order valence-corrected chi connectivity index (χ0v) is 21.7. The Labute approximate surface area is 203 Å². The smallest absolute Gasteiger partial charge is 0.251 e. The SMILES string of the molecule is CCN(CC)S(=O)(=O)c1cc(C(=O)NCc2ccc(OCCC(C)C)c(OC)c2)ccc1OC. The maximum Gasteiger partial charge on any atom is 0.251 e. The van der Waals surface area contributed by atoms with Crippen LogP contribution in [-0.2, 0) is 16.6 Å². The number of rotatable bonds is 13. The van der Waals surface area contributed by atoms with Crippen LogP contribution in [0.1, 0.15) is 50.0 Å². The van der Waals surface area contributed by atoms with Crippen molar-refractivity contribution in [3.8, 4) is 17.2 Å². The van der Waals surface area contributed by atoms with Gasteiger partial charge in [0.25, 0.3) is 5.91 Å². The summed E-state index contributed by atoms with van der Waals surface area (Å²) in [6, 6.07) is 9.89. The van der Waals surface area contributed by atoms with E-state index in [4.69, 9.17) is 14.2 Å². The van der Waals surface area contributed by atoms with Gasteiger partial charge in [0, 0.05) is 25.2 Å². The van der Waals surface area contributed by atoms with Gasteiger partial charge in [0.1, 0.15) is 10.6 Å². The third-order valence-corrected chi connectivity index (χ3v) is 7.45. The molecule has 0 spiro atoms. The monoisotopic (exact) mass is 492 g/mol. The molecule has 0 aliphatic carbocycles. The Balaban J connectivity index is 2.17. The van der Waals surface area contributed by atoms with Gasteiger partial charge in [-0.15, -0.1) is 0 Å². The average molecular weight is 493 g/mol. The number of hydrogen-bond donors (Lipinski definition) is 1. The van der Waals surface area contributed by atoms with Crippen molar-refractivity contribution in [1.29, 1.82) is 0 Å². The van der Waals surface area contributed by atoms with E-state index in [0.717, 1.165) is 12.0 Å². The average Bonchev–Trinajstić information content (AvgIpc) is 2.82. The summed E-state index contributed by atoms with van der Waals surface area (Å²) in [6.45, 7) is 9.27. The van der Waals surface area contributed by atoms with Crippen LogP contribution >= 0.6 is 0 Å². The zero-order chi connectivity index (χ0) is 25.3. The number of carbonyl (C=O) groups is 1. The van der Waals surface area contributed by atoms with Gasteiger partial charge >= 0.3 is 0 Å². The minimum atomic E-state index is -3.80. The van der Waals surface area contributed by atoms with Gasteiger partial charge in [0.05, 0.1) is 20.8 Å². The molecule has 0 heterocycles. The summed E-state index contributed by atoms with van der Waals surface area (Å²) < 4.78 is 43.9. The summed E-state index contributed by atoms with van der Waals surface area (Å²) in [6.07, 6.45) is 0.939. The van der Waals surface area contributed by atoms with Crippen LogP contribution in [0.15, 0.2) is 41.3 Å². The number of carbonyl (C=O) groups excluding carboxylic acids is 1. The largest absolute Gasteiger partial charge is 0.495 e. The van der Waals surface area contributed by atoms with Crippen molar-refractivity contribution in [3.63, 3.8) is 0 Å². The second-order valence-electron chi connectivity index (χ2n) is 8.15. The van der Waals surface area contributed by atoms with Gasteiger partial charge in [-0.2, -0.15) is 4.31 Å². The van der Waals surface area contributed by atoms with Crippen LogP contribution in [0, 0.1) is 5.92 Å². The highest BCUT2D eigenvalue weighted by atomic mass is 32.2. The molecule has 0 aliphatic heterocycles. The fourth-order valence-corrected chi connectivity index (χ4v) is 4.99. The van der Waals surface area contributed by atoms with Crippen molar-refractivity contribution in [1.82, 2.24) is 9.62 Å². The number of nitrogens with zero attached hydrogens (tertiary/aromatic N) is 1. The first-order valence-electron chi connectivity index (χ1n) is 11.4. The van der Waals surface area contributed by atoms with Gasteiger partial charge in [0.2, 0.25) is 10.0 Å². The molecule has 2 aromatic rings. The minimum absolute atomic E-state index is 0.0316. The molecule has 188 valence electrons. The van der Waals surface area contributed by atoms with E-state index in [1.165, 1.54) is 23.5 Å². The number of ether oxygens (including phenoxy) is 3. The Hall–Kier alpha value is -2.78.